The lowest BCUT2D eigenvalue weighted by Crippen LogP contribution is -1.86. The van der Waals surface area contributed by atoms with Crippen molar-refractivity contribution in [2.24, 2.45) is 0 Å². The molecule has 0 bridgehead atoms. The number of halogens is 1. The van der Waals surface area contributed by atoms with Crippen LogP contribution in [-0.4, -0.2) is 5.12 Å². The van der Waals surface area contributed by atoms with Crippen LogP contribution in [0.2, 0.25) is 0 Å². The van der Waals surface area contributed by atoms with E-state index in [9.17, 15) is 4.79 Å². The molecule has 72 valence electrons. The lowest BCUT2D eigenvalue weighted by Gasteiger charge is -2.02. The molecule has 1 aromatic rings. The van der Waals surface area contributed by atoms with Crippen LogP contribution in [0.3, 0.4) is 0 Å². The molecule has 1 aliphatic heterocycles. The van der Waals surface area contributed by atoms with Gasteiger partial charge in [0.1, 0.15) is 0 Å². The van der Waals surface area contributed by atoms with Crippen LogP contribution in [-0.2, 0) is 4.79 Å². The van der Waals surface area contributed by atoms with Crippen molar-refractivity contribution in [3.8, 4) is 0 Å². The molecule has 0 fully saturated rings. The maximum atomic E-state index is 11.2. The fraction of sp³-hybridized carbons (Fsp3) is 0.182. The first-order valence-corrected chi connectivity index (χ1v) is 5.94. The Kier molecular flexibility index (Phi) is 2.79. The SMILES string of the molecule is CC1=C(c2ccc(Br)cc2)CC(=O)S1. The Morgan fingerprint density at radius 1 is 1.29 bits per heavy atom. The second-order valence-corrected chi connectivity index (χ2v) is 5.38. The van der Waals surface area contributed by atoms with Gasteiger partial charge in [-0.15, -0.1) is 0 Å². The van der Waals surface area contributed by atoms with Crippen molar-refractivity contribution in [3.63, 3.8) is 0 Å². The summed E-state index contributed by atoms with van der Waals surface area (Å²) in [5.74, 6) is 0. The standard InChI is InChI=1S/C11H9BrOS/c1-7-10(6-11(13)14-7)8-2-4-9(12)5-3-8/h2-5H,6H2,1H3. The minimum Gasteiger partial charge on any atom is -0.286 e. The number of hydrogen-bond donors (Lipinski definition) is 0. The van der Waals surface area contributed by atoms with Crippen LogP contribution in [0.25, 0.3) is 5.57 Å². The summed E-state index contributed by atoms with van der Waals surface area (Å²) in [5.41, 5.74) is 2.33. The lowest BCUT2D eigenvalue weighted by atomic mass is 10.0. The van der Waals surface area contributed by atoms with E-state index in [2.05, 4.69) is 15.9 Å². The molecule has 1 heterocycles. The maximum Gasteiger partial charge on any atom is 0.197 e. The fourth-order valence-corrected chi connectivity index (χ4v) is 2.63. The van der Waals surface area contributed by atoms with Crippen LogP contribution in [0.1, 0.15) is 18.9 Å². The predicted octanol–water partition coefficient (Wildman–Crippen LogP) is 3.84. The quantitative estimate of drug-likeness (QED) is 0.770. The van der Waals surface area contributed by atoms with Gasteiger partial charge in [-0.2, -0.15) is 0 Å². The smallest absolute Gasteiger partial charge is 0.197 e. The van der Waals surface area contributed by atoms with Gasteiger partial charge in [0, 0.05) is 10.9 Å². The third kappa shape index (κ3) is 1.93. The Balaban J connectivity index is 2.36. The van der Waals surface area contributed by atoms with Crippen molar-refractivity contribution in [2.75, 3.05) is 0 Å². The molecule has 0 aromatic heterocycles. The zero-order valence-corrected chi connectivity index (χ0v) is 10.1. The van der Waals surface area contributed by atoms with E-state index in [4.69, 9.17) is 0 Å². The third-order valence-corrected chi connectivity index (χ3v) is 3.66. The second kappa shape index (κ2) is 3.91. The minimum absolute atomic E-state index is 0.250. The number of carbonyl (C=O) groups is 1. The van der Waals surface area contributed by atoms with E-state index >= 15 is 0 Å². The highest BCUT2D eigenvalue weighted by atomic mass is 79.9. The van der Waals surface area contributed by atoms with E-state index in [0.717, 1.165) is 14.9 Å². The zero-order valence-electron chi connectivity index (χ0n) is 7.71. The highest BCUT2D eigenvalue weighted by Gasteiger charge is 2.20. The van der Waals surface area contributed by atoms with Crippen molar-refractivity contribution in [1.82, 2.24) is 0 Å². The number of rotatable bonds is 1. The second-order valence-electron chi connectivity index (χ2n) is 3.19. The largest absolute Gasteiger partial charge is 0.286 e. The first-order chi connectivity index (χ1) is 6.66. The van der Waals surface area contributed by atoms with Crippen LogP contribution >= 0.6 is 27.7 Å². The Hall–Kier alpha value is -0.540. The molecule has 14 heavy (non-hydrogen) atoms. The molecule has 1 nitrogen and oxygen atoms in total. The molecule has 0 N–H and O–H groups in total. The number of thioether (sulfide) groups is 1. The van der Waals surface area contributed by atoms with Gasteiger partial charge in [0.2, 0.25) is 0 Å². The number of benzene rings is 1. The molecule has 0 radical (unpaired) electrons. The average Bonchev–Trinajstić information content (AvgIpc) is 2.47. The van der Waals surface area contributed by atoms with E-state index < -0.39 is 0 Å². The summed E-state index contributed by atoms with van der Waals surface area (Å²) in [6, 6.07) is 8.09. The molecule has 2 rings (SSSR count). The molecule has 0 amide bonds. The summed E-state index contributed by atoms with van der Waals surface area (Å²) in [6.45, 7) is 2.01. The van der Waals surface area contributed by atoms with Gasteiger partial charge in [-0.1, -0.05) is 39.8 Å². The van der Waals surface area contributed by atoms with Crippen molar-refractivity contribution in [2.45, 2.75) is 13.3 Å². The fourth-order valence-electron chi connectivity index (χ4n) is 1.49. The van der Waals surface area contributed by atoms with E-state index in [1.54, 1.807) is 0 Å². The molecule has 1 aromatic carbocycles. The molecule has 0 unspecified atom stereocenters. The summed E-state index contributed by atoms with van der Waals surface area (Å²) in [4.78, 5) is 12.4. The topological polar surface area (TPSA) is 17.1 Å². The molecule has 0 saturated heterocycles. The van der Waals surface area contributed by atoms with Gasteiger partial charge in [0.15, 0.2) is 5.12 Å². The summed E-state index contributed by atoms with van der Waals surface area (Å²) in [7, 11) is 0. The maximum absolute atomic E-state index is 11.2. The van der Waals surface area contributed by atoms with Gasteiger partial charge in [-0.3, -0.25) is 4.79 Å². The van der Waals surface area contributed by atoms with Crippen molar-refractivity contribution < 1.29 is 4.79 Å². The summed E-state index contributed by atoms with van der Waals surface area (Å²) < 4.78 is 1.07. The number of hydrogen-bond acceptors (Lipinski definition) is 2. The summed E-state index contributed by atoms with van der Waals surface area (Å²) in [6.07, 6.45) is 0.568. The van der Waals surface area contributed by atoms with Crippen LogP contribution < -0.4 is 0 Å². The van der Waals surface area contributed by atoms with E-state index in [-0.39, 0.29) is 5.12 Å². The van der Waals surface area contributed by atoms with E-state index in [0.29, 0.717) is 6.42 Å². The molecule has 3 heteroatoms. The highest BCUT2D eigenvalue weighted by Crippen LogP contribution is 2.38. The van der Waals surface area contributed by atoms with Crippen molar-refractivity contribution in [3.05, 3.63) is 39.2 Å². The Labute approximate surface area is 95.7 Å². The zero-order chi connectivity index (χ0) is 10.1. The predicted molar refractivity (Wildman–Crippen MR) is 64.0 cm³/mol. The van der Waals surface area contributed by atoms with E-state index in [1.807, 2.05) is 31.2 Å². The van der Waals surface area contributed by atoms with Crippen LogP contribution in [0.15, 0.2) is 33.6 Å². The first kappa shape index (κ1) is 9.99. The van der Waals surface area contributed by atoms with Gasteiger partial charge < -0.3 is 0 Å². The third-order valence-electron chi connectivity index (χ3n) is 2.21. The monoisotopic (exact) mass is 268 g/mol. The molecule has 0 saturated carbocycles. The van der Waals surface area contributed by atoms with Crippen LogP contribution in [0.4, 0.5) is 0 Å². The van der Waals surface area contributed by atoms with Crippen LogP contribution in [0, 0.1) is 0 Å². The number of allylic oxidation sites excluding steroid dienone is 2. The minimum atomic E-state index is 0.250. The Morgan fingerprint density at radius 2 is 1.93 bits per heavy atom. The van der Waals surface area contributed by atoms with Gasteiger partial charge >= 0.3 is 0 Å². The Bertz CT molecular complexity index is 406. The van der Waals surface area contributed by atoms with E-state index in [1.165, 1.54) is 17.3 Å². The van der Waals surface area contributed by atoms with Crippen LogP contribution in [0.5, 0.6) is 0 Å². The first-order valence-electron chi connectivity index (χ1n) is 4.33. The Morgan fingerprint density at radius 3 is 2.43 bits per heavy atom. The molecular formula is C11H9BrOS. The molecule has 1 aliphatic rings. The van der Waals surface area contributed by atoms with Gasteiger partial charge in [-0.05, 0) is 35.1 Å². The molecular weight excluding hydrogens is 260 g/mol. The molecule has 0 spiro atoms. The number of carbonyl (C=O) groups excluding carboxylic acids is 1. The van der Waals surface area contributed by atoms with Crippen molar-refractivity contribution >= 4 is 38.4 Å². The summed E-state index contributed by atoms with van der Waals surface area (Å²) >= 11 is 4.75. The van der Waals surface area contributed by atoms with Gasteiger partial charge in [0.05, 0.1) is 0 Å². The van der Waals surface area contributed by atoms with Gasteiger partial charge in [0.25, 0.3) is 0 Å². The lowest BCUT2D eigenvalue weighted by molar-refractivity contribution is -0.109. The molecule has 0 atom stereocenters. The summed E-state index contributed by atoms with van der Waals surface area (Å²) in [5, 5.41) is 0.250. The molecule has 0 aliphatic carbocycles. The highest BCUT2D eigenvalue weighted by molar-refractivity contribution is 9.10. The van der Waals surface area contributed by atoms with Crippen molar-refractivity contribution in [1.29, 1.82) is 0 Å². The normalized spacial score (nSPS) is 16.6. The average molecular weight is 269 g/mol. The van der Waals surface area contributed by atoms with Gasteiger partial charge in [-0.25, -0.2) is 0 Å².